The number of nitrogens with zero attached hydrogens (tertiary/aromatic N) is 4. The lowest BCUT2D eigenvalue weighted by Crippen LogP contribution is -2.42. The number of anilines is 1. The minimum Gasteiger partial charge on any atom is -0.311 e. The Morgan fingerprint density at radius 1 is 1.16 bits per heavy atom. The zero-order valence-corrected chi connectivity index (χ0v) is 14.9. The minimum atomic E-state index is -0.139. The summed E-state index contributed by atoms with van der Waals surface area (Å²) in [5.41, 5.74) is 2.19. The maximum atomic E-state index is 12.9. The van der Waals surface area contributed by atoms with E-state index in [0.29, 0.717) is 0 Å². The fraction of sp³-hybridized carbons (Fsp3) is 0.526. The van der Waals surface area contributed by atoms with Gasteiger partial charge in [-0.1, -0.05) is 24.6 Å². The molecule has 1 aromatic heterocycles. The van der Waals surface area contributed by atoms with Crippen LogP contribution in [0.25, 0.3) is 0 Å². The topological polar surface area (TPSA) is 63.1 Å². The highest BCUT2D eigenvalue weighted by molar-refractivity contribution is 5.99. The Morgan fingerprint density at radius 2 is 1.96 bits per heavy atom. The van der Waals surface area contributed by atoms with Crippen molar-refractivity contribution in [2.45, 2.75) is 58.2 Å². The summed E-state index contributed by atoms with van der Waals surface area (Å²) in [5, 5.41) is 8.11. The molecule has 2 aliphatic heterocycles. The van der Waals surface area contributed by atoms with E-state index < -0.39 is 0 Å². The van der Waals surface area contributed by atoms with Gasteiger partial charge in [0.1, 0.15) is 5.82 Å². The molecule has 132 valence electrons. The van der Waals surface area contributed by atoms with E-state index in [4.69, 9.17) is 0 Å². The average Bonchev–Trinajstić information content (AvgIpc) is 3.20. The van der Waals surface area contributed by atoms with Crippen molar-refractivity contribution in [1.29, 1.82) is 0 Å². The predicted octanol–water partition coefficient (Wildman–Crippen LogP) is 2.38. The SMILES string of the molecule is CCc1nc2n(n1)CCCC2NC1CCN(c2ccc(C)cc2)C1=O. The van der Waals surface area contributed by atoms with Gasteiger partial charge in [0, 0.05) is 25.2 Å². The Labute approximate surface area is 148 Å². The zero-order chi connectivity index (χ0) is 17.4. The highest BCUT2D eigenvalue weighted by Gasteiger charge is 2.35. The lowest BCUT2D eigenvalue weighted by molar-refractivity contribution is -0.119. The number of benzene rings is 1. The smallest absolute Gasteiger partial charge is 0.244 e. The molecular formula is C19H25N5O. The van der Waals surface area contributed by atoms with Crippen molar-refractivity contribution in [3.63, 3.8) is 0 Å². The van der Waals surface area contributed by atoms with Crippen LogP contribution >= 0.6 is 0 Å². The highest BCUT2D eigenvalue weighted by Crippen LogP contribution is 2.27. The van der Waals surface area contributed by atoms with Crippen LogP contribution in [0.4, 0.5) is 5.69 Å². The van der Waals surface area contributed by atoms with Gasteiger partial charge < -0.3 is 4.90 Å². The van der Waals surface area contributed by atoms with Crippen molar-refractivity contribution in [1.82, 2.24) is 20.1 Å². The summed E-state index contributed by atoms with van der Waals surface area (Å²) in [7, 11) is 0. The van der Waals surface area contributed by atoms with Gasteiger partial charge in [0.05, 0.1) is 12.1 Å². The molecule has 6 nitrogen and oxygen atoms in total. The van der Waals surface area contributed by atoms with Crippen molar-refractivity contribution in [2.75, 3.05) is 11.4 Å². The quantitative estimate of drug-likeness (QED) is 0.929. The fourth-order valence-electron chi connectivity index (χ4n) is 3.77. The number of carbonyl (C=O) groups is 1. The Morgan fingerprint density at radius 3 is 2.72 bits per heavy atom. The molecule has 0 saturated carbocycles. The van der Waals surface area contributed by atoms with Crippen LogP contribution in [0.5, 0.6) is 0 Å². The molecular weight excluding hydrogens is 314 g/mol. The molecule has 1 aromatic carbocycles. The number of rotatable bonds is 4. The number of nitrogens with one attached hydrogen (secondary N) is 1. The molecule has 1 saturated heterocycles. The van der Waals surface area contributed by atoms with Crippen molar-refractivity contribution in [3.05, 3.63) is 41.5 Å². The Kier molecular flexibility index (Phi) is 4.29. The molecule has 0 bridgehead atoms. The number of hydrogen-bond acceptors (Lipinski definition) is 4. The molecule has 0 aliphatic carbocycles. The van der Waals surface area contributed by atoms with Crippen molar-refractivity contribution in [2.24, 2.45) is 0 Å². The van der Waals surface area contributed by atoms with Gasteiger partial charge in [-0.15, -0.1) is 0 Å². The third kappa shape index (κ3) is 3.06. The molecule has 6 heteroatoms. The first-order valence-corrected chi connectivity index (χ1v) is 9.23. The summed E-state index contributed by atoms with van der Waals surface area (Å²) in [6.45, 7) is 5.82. The van der Waals surface area contributed by atoms with Crippen molar-refractivity contribution in [3.8, 4) is 0 Å². The first kappa shape index (κ1) is 16.3. The van der Waals surface area contributed by atoms with Crippen molar-refractivity contribution < 1.29 is 4.79 Å². The average molecular weight is 339 g/mol. The number of aryl methyl sites for hydroxylation is 3. The summed E-state index contributed by atoms with van der Waals surface area (Å²) in [4.78, 5) is 19.4. The lowest BCUT2D eigenvalue weighted by Gasteiger charge is -2.26. The second-order valence-corrected chi connectivity index (χ2v) is 6.99. The molecule has 1 fully saturated rings. The third-order valence-corrected chi connectivity index (χ3v) is 5.19. The van der Waals surface area contributed by atoms with Crippen LogP contribution in [0.3, 0.4) is 0 Å². The molecule has 25 heavy (non-hydrogen) atoms. The normalized spacial score (nSPS) is 23.1. The van der Waals surface area contributed by atoms with Gasteiger partial charge in [0.25, 0.3) is 0 Å². The van der Waals surface area contributed by atoms with Crippen LogP contribution in [0.15, 0.2) is 24.3 Å². The Hall–Kier alpha value is -2.21. The van der Waals surface area contributed by atoms with Gasteiger partial charge in [-0.25, -0.2) is 9.67 Å². The minimum absolute atomic E-state index is 0.119. The molecule has 2 aliphatic rings. The van der Waals surface area contributed by atoms with Crippen LogP contribution in [0.1, 0.15) is 49.4 Å². The molecule has 2 aromatic rings. The number of carbonyl (C=O) groups excluding carboxylic acids is 1. The van der Waals surface area contributed by atoms with E-state index in [9.17, 15) is 4.79 Å². The van der Waals surface area contributed by atoms with Gasteiger partial charge in [0.2, 0.25) is 5.91 Å². The maximum absolute atomic E-state index is 12.9. The van der Waals surface area contributed by atoms with E-state index in [-0.39, 0.29) is 18.0 Å². The number of aromatic nitrogens is 3. The molecule has 0 spiro atoms. The van der Waals surface area contributed by atoms with E-state index >= 15 is 0 Å². The maximum Gasteiger partial charge on any atom is 0.244 e. The van der Waals surface area contributed by atoms with Gasteiger partial charge in [-0.05, 0) is 38.3 Å². The molecule has 2 unspecified atom stereocenters. The molecule has 4 rings (SSSR count). The van der Waals surface area contributed by atoms with E-state index in [1.165, 1.54) is 5.56 Å². The summed E-state index contributed by atoms with van der Waals surface area (Å²) in [6, 6.07) is 8.15. The molecule has 1 amide bonds. The van der Waals surface area contributed by atoms with E-state index in [2.05, 4.69) is 41.4 Å². The molecule has 0 radical (unpaired) electrons. The predicted molar refractivity (Wildman–Crippen MR) is 96.4 cm³/mol. The summed E-state index contributed by atoms with van der Waals surface area (Å²) >= 11 is 0. The van der Waals surface area contributed by atoms with E-state index in [0.717, 1.165) is 56.1 Å². The summed E-state index contributed by atoms with van der Waals surface area (Å²) < 4.78 is 2.01. The number of hydrogen-bond donors (Lipinski definition) is 1. The van der Waals surface area contributed by atoms with Crippen LogP contribution in [0.2, 0.25) is 0 Å². The second kappa shape index (κ2) is 6.59. The molecule has 1 N–H and O–H groups in total. The van der Waals surface area contributed by atoms with Gasteiger partial charge >= 0.3 is 0 Å². The largest absolute Gasteiger partial charge is 0.311 e. The van der Waals surface area contributed by atoms with Crippen LogP contribution in [-0.2, 0) is 17.8 Å². The van der Waals surface area contributed by atoms with Crippen LogP contribution in [-0.4, -0.2) is 33.3 Å². The summed E-state index contributed by atoms with van der Waals surface area (Å²) in [5.74, 6) is 2.05. The lowest BCUT2D eigenvalue weighted by atomic mass is 10.1. The second-order valence-electron chi connectivity index (χ2n) is 6.99. The first-order chi connectivity index (χ1) is 12.2. The van der Waals surface area contributed by atoms with Crippen LogP contribution in [0, 0.1) is 6.92 Å². The first-order valence-electron chi connectivity index (χ1n) is 9.23. The van der Waals surface area contributed by atoms with E-state index in [1.54, 1.807) is 0 Å². The molecule has 3 heterocycles. The molecule has 2 atom stereocenters. The number of fused-ring (bicyclic) bond motifs is 1. The Balaban J connectivity index is 1.48. The van der Waals surface area contributed by atoms with Gasteiger partial charge in [0.15, 0.2) is 5.82 Å². The fourth-order valence-corrected chi connectivity index (χ4v) is 3.77. The Bertz CT molecular complexity index is 767. The monoisotopic (exact) mass is 339 g/mol. The highest BCUT2D eigenvalue weighted by atomic mass is 16.2. The standard InChI is InChI=1S/C19H25N5O/c1-3-17-21-18-15(5-4-11-24(18)22-17)20-16-10-12-23(19(16)25)14-8-6-13(2)7-9-14/h6-9,15-16,20H,3-5,10-12H2,1-2H3. The van der Waals surface area contributed by atoms with Crippen LogP contribution < -0.4 is 10.2 Å². The number of amides is 1. The zero-order valence-electron chi connectivity index (χ0n) is 14.9. The summed E-state index contributed by atoms with van der Waals surface area (Å²) in [6.07, 6.45) is 3.75. The van der Waals surface area contributed by atoms with Crippen molar-refractivity contribution >= 4 is 11.6 Å². The van der Waals surface area contributed by atoms with Gasteiger partial charge in [-0.2, -0.15) is 5.10 Å². The van der Waals surface area contributed by atoms with Gasteiger partial charge in [-0.3, -0.25) is 10.1 Å². The third-order valence-electron chi connectivity index (χ3n) is 5.19. The van der Waals surface area contributed by atoms with E-state index in [1.807, 2.05) is 21.7 Å².